The molecule has 3 aromatic rings. The predicted octanol–water partition coefficient (Wildman–Crippen LogP) is 3.84. The lowest BCUT2D eigenvalue weighted by molar-refractivity contribution is -0.0553. The number of aliphatic hydroxyl groups is 1. The molecule has 6 nitrogen and oxygen atoms in total. The molecule has 2 aliphatic rings. The van der Waals surface area contributed by atoms with Gasteiger partial charge >= 0.3 is 0 Å². The van der Waals surface area contributed by atoms with Crippen molar-refractivity contribution in [2.75, 3.05) is 26.2 Å². The molecule has 2 aliphatic heterocycles. The van der Waals surface area contributed by atoms with Gasteiger partial charge in [0.1, 0.15) is 0 Å². The van der Waals surface area contributed by atoms with Gasteiger partial charge < -0.3 is 5.11 Å². The fourth-order valence-corrected chi connectivity index (χ4v) is 7.02. The molecule has 2 fully saturated rings. The summed E-state index contributed by atoms with van der Waals surface area (Å²) in [5, 5.41) is 19.2. The summed E-state index contributed by atoms with van der Waals surface area (Å²) in [7, 11) is -3.58. The summed E-state index contributed by atoms with van der Waals surface area (Å²) < 4.78 is 28.4. The van der Waals surface area contributed by atoms with E-state index >= 15 is 0 Å². The first kappa shape index (κ1) is 23.7. The molecular weight excluding hydrogens is 458 g/mol. The van der Waals surface area contributed by atoms with Gasteiger partial charge in [0.2, 0.25) is 10.0 Å². The van der Waals surface area contributed by atoms with Crippen LogP contribution in [0, 0.1) is 11.3 Å². The van der Waals surface area contributed by atoms with Crippen molar-refractivity contribution in [2.45, 2.75) is 35.7 Å². The van der Waals surface area contributed by atoms with Crippen molar-refractivity contribution < 1.29 is 13.5 Å². The van der Waals surface area contributed by atoms with Crippen LogP contribution in [0.1, 0.15) is 29.9 Å². The third-order valence-electron chi connectivity index (χ3n) is 7.36. The van der Waals surface area contributed by atoms with E-state index in [9.17, 15) is 13.5 Å². The van der Waals surface area contributed by atoms with E-state index in [1.165, 1.54) is 0 Å². The van der Waals surface area contributed by atoms with E-state index in [4.69, 9.17) is 5.26 Å². The molecule has 3 aromatic carbocycles. The molecule has 1 N–H and O–H groups in total. The molecule has 0 aromatic heterocycles. The average Bonchev–Trinajstić information content (AvgIpc) is 2.88. The molecular formula is C28H29N3O3S. The Balaban J connectivity index is 1.41. The van der Waals surface area contributed by atoms with Crippen LogP contribution in [-0.4, -0.2) is 61.1 Å². The fourth-order valence-electron chi connectivity index (χ4n) is 5.50. The van der Waals surface area contributed by atoms with E-state index in [0.29, 0.717) is 23.5 Å². The van der Waals surface area contributed by atoms with Gasteiger partial charge in [0.05, 0.1) is 23.1 Å². The number of rotatable bonds is 5. The molecule has 0 spiro atoms. The van der Waals surface area contributed by atoms with Gasteiger partial charge in [-0.1, -0.05) is 54.6 Å². The largest absolute Gasteiger partial charge is 0.395 e. The van der Waals surface area contributed by atoms with E-state index in [2.05, 4.69) is 35.2 Å². The van der Waals surface area contributed by atoms with Gasteiger partial charge in [0, 0.05) is 31.1 Å². The van der Waals surface area contributed by atoms with Crippen molar-refractivity contribution >= 4 is 10.0 Å². The summed E-state index contributed by atoms with van der Waals surface area (Å²) >= 11 is 0. The Morgan fingerprint density at radius 2 is 1.51 bits per heavy atom. The molecule has 0 saturated carbocycles. The average molecular weight is 488 g/mol. The smallest absolute Gasteiger partial charge is 0.243 e. The maximum absolute atomic E-state index is 13.4. The minimum atomic E-state index is -3.58. The quantitative estimate of drug-likeness (QED) is 0.591. The molecule has 3 atom stereocenters. The summed E-state index contributed by atoms with van der Waals surface area (Å²) in [6.07, 6.45) is 1.70. The van der Waals surface area contributed by atoms with Crippen LogP contribution in [0.5, 0.6) is 0 Å². The fraction of sp³-hybridized carbons (Fsp3) is 0.321. The van der Waals surface area contributed by atoms with E-state index in [0.717, 1.165) is 36.1 Å². The zero-order valence-corrected chi connectivity index (χ0v) is 20.3. The second kappa shape index (κ2) is 9.92. The lowest BCUT2D eigenvalue weighted by atomic mass is 9.74. The Bertz CT molecular complexity index is 1300. The van der Waals surface area contributed by atoms with E-state index in [-0.39, 0.29) is 24.6 Å². The Morgan fingerprint density at radius 3 is 2.14 bits per heavy atom. The van der Waals surface area contributed by atoms with Crippen molar-refractivity contribution in [3.8, 4) is 17.2 Å². The van der Waals surface area contributed by atoms with Gasteiger partial charge in [0.15, 0.2) is 0 Å². The van der Waals surface area contributed by atoms with Gasteiger partial charge in [-0.3, -0.25) is 4.90 Å². The van der Waals surface area contributed by atoms with Gasteiger partial charge in [-0.2, -0.15) is 9.57 Å². The maximum Gasteiger partial charge on any atom is 0.243 e. The molecule has 0 radical (unpaired) electrons. The van der Waals surface area contributed by atoms with Crippen LogP contribution < -0.4 is 0 Å². The Hall–Kier alpha value is -3.02. The number of benzene rings is 3. The minimum absolute atomic E-state index is 0.0138. The summed E-state index contributed by atoms with van der Waals surface area (Å²) in [5.74, 6) is 0.0570. The molecule has 7 heteroatoms. The van der Waals surface area contributed by atoms with E-state index < -0.39 is 10.0 Å². The Labute approximate surface area is 207 Å². The third kappa shape index (κ3) is 4.51. The highest BCUT2D eigenvalue weighted by Gasteiger charge is 2.50. The standard InChI is InChI=1S/C28H29N3O3S/c29-18-21-8-10-22(11-9-21)23-12-14-24(15-13-23)28-26-19-30(16-4-5-17-31(26)27(28)20-32)35(33,34)25-6-2-1-3-7-25/h1-3,6-15,26-28,32H,4-5,16-17,19-20H2/t26-,27-,28-/m1/s1. The summed E-state index contributed by atoms with van der Waals surface area (Å²) in [6.45, 7) is 1.84. The first-order valence-corrected chi connectivity index (χ1v) is 13.5. The van der Waals surface area contributed by atoms with Crippen LogP contribution in [0.25, 0.3) is 11.1 Å². The SMILES string of the molecule is N#Cc1ccc(-c2ccc([C@H]3[C@@H](CO)N4CCCCN(S(=O)(=O)c5ccccc5)C[C@H]34)cc2)cc1. The molecule has 180 valence electrons. The van der Waals surface area contributed by atoms with E-state index in [1.807, 2.05) is 30.3 Å². The molecule has 2 saturated heterocycles. The second-order valence-corrected chi connectivity index (χ2v) is 11.2. The molecule has 0 aliphatic carbocycles. The normalized spacial score (nSPS) is 23.4. The topological polar surface area (TPSA) is 84.6 Å². The number of fused-ring (bicyclic) bond motifs is 1. The monoisotopic (exact) mass is 487 g/mol. The van der Waals surface area contributed by atoms with Crippen LogP contribution in [0.3, 0.4) is 0 Å². The van der Waals surface area contributed by atoms with E-state index in [1.54, 1.807) is 28.6 Å². The van der Waals surface area contributed by atoms with Crippen LogP contribution in [0.15, 0.2) is 83.8 Å². The zero-order chi connectivity index (χ0) is 24.4. The Morgan fingerprint density at radius 1 is 0.886 bits per heavy atom. The van der Waals surface area contributed by atoms with Gasteiger partial charge in [-0.05, 0) is 60.3 Å². The number of nitriles is 1. The third-order valence-corrected chi connectivity index (χ3v) is 9.24. The molecule has 0 bridgehead atoms. The molecule has 2 heterocycles. The lowest BCUT2D eigenvalue weighted by Crippen LogP contribution is -2.67. The summed E-state index contributed by atoms with van der Waals surface area (Å²) in [5.41, 5.74) is 3.84. The second-order valence-electron chi connectivity index (χ2n) is 9.28. The van der Waals surface area contributed by atoms with Crippen LogP contribution in [0.2, 0.25) is 0 Å². The van der Waals surface area contributed by atoms with Gasteiger partial charge in [-0.15, -0.1) is 0 Å². The predicted molar refractivity (Wildman–Crippen MR) is 135 cm³/mol. The van der Waals surface area contributed by atoms with Gasteiger partial charge in [0.25, 0.3) is 0 Å². The highest BCUT2D eigenvalue weighted by molar-refractivity contribution is 7.89. The van der Waals surface area contributed by atoms with Crippen molar-refractivity contribution in [3.05, 3.63) is 90.0 Å². The van der Waals surface area contributed by atoms with Crippen molar-refractivity contribution in [1.29, 1.82) is 5.26 Å². The van der Waals surface area contributed by atoms with Crippen molar-refractivity contribution in [2.24, 2.45) is 0 Å². The first-order chi connectivity index (χ1) is 17.0. The van der Waals surface area contributed by atoms with Crippen LogP contribution in [0.4, 0.5) is 0 Å². The highest BCUT2D eigenvalue weighted by atomic mass is 32.2. The zero-order valence-electron chi connectivity index (χ0n) is 19.5. The number of hydrogen-bond acceptors (Lipinski definition) is 5. The molecule has 5 rings (SSSR count). The number of sulfonamides is 1. The van der Waals surface area contributed by atoms with Crippen LogP contribution in [-0.2, 0) is 10.0 Å². The summed E-state index contributed by atoms with van der Waals surface area (Å²) in [4.78, 5) is 2.61. The van der Waals surface area contributed by atoms with Crippen molar-refractivity contribution in [3.63, 3.8) is 0 Å². The Kier molecular flexibility index (Phi) is 6.72. The summed E-state index contributed by atoms with van der Waals surface area (Å²) in [6, 6.07) is 26.6. The number of nitrogens with zero attached hydrogens (tertiary/aromatic N) is 3. The van der Waals surface area contributed by atoms with Crippen LogP contribution >= 0.6 is 0 Å². The molecule has 0 unspecified atom stereocenters. The van der Waals surface area contributed by atoms with Crippen molar-refractivity contribution in [1.82, 2.24) is 9.21 Å². The molecule has 35 heavy (non-hydrogen) atoms. The maximum atomic E-state index is 13.4. The highest BCUT2D eigenvalue weighted by Crippen LogP contribution is 2.43. The number of aliphatic hydroxyl groups excluding tert-OH is 1. The number of hydrogen-bond donors (Lipinski definition) is 1. The first-order valence-electron chi connectivity index (χ1n) is 12.1. The van der Waals surface area contributed by atoms with Gasteiger partial charge in [-0.25, -0.2) is 8.42 Å². The lowest BCUT2D eigenvalue weighted by Gasteiger charge is -2.57. The molecule has 0 amide bonds. The minimum Gasteiger partial charge on any atom is -0.395 e.